The molecule has 0 radical (unpaired) electrons. The zero-order chi connectivity index (χ0) is 17.1. The summed E-state index contributed by atoms with van der Waals surface area (Å²) in [4.78, 5) is 22.4. The summed E-state index contributed by atoms with van der Waals surface area (Å²) in [5.41, 5.74) is 0. The first-order valence-electron chi connectivity index (χ1n) is 6.58. The van der Waals surface area contributed by atoms with Crippen LogP contribution in [0, 0.1) is 11.8 Å². The number of carbonyl (C=O) groups excluding carboxylic acids is 2. The molecule has 0 fully saturated rings. The highest BCUT2D eigenvalue weighted by molar-refractivity contribution is 6.35. The Hall–Kier alpha value is -2.16. The second-order valence-corrected chi connectivity index (χ2v) is 4.77. The average Bonchev–Trinajstić information content (AvgIpc) is 2.50. The maximum Gasteiger partial charge on any atom is 0.345 e. The molecule has 0 unspecified atom stereocenters. The molecule has 5 nitrogen and oxygen atoms in total. The van der Waals surface area contributed by atoms with E-state index in [4.69, 9.17) is 32.7 Å². The molecule has 0 heterocycles. The summed E-state index contributed by atoms with van der Waals surface area (Å²) in [7, 11) is 0. The molecule has 1 rings (SSSR count). The predicted molar refractivity (Wildman–Crippen MR) is 86.5 cm³/mol. The van der Waals surface area contributed by atoms with Crippen LogP contribution < -0.4 is 4.74 Å². The molecule has 122 valence electrons. The lowest BCUT2D eigenvalue weighted by Gasteiger charge is -2.07. The maximum absolute atomic E-state index is 11.4. The van der Waals surface area contributed by atoms with Gasteiger partial charge >= 0.3 is 11.9 Å². The highest BCUT2D eigenvalue weighted by atomic mass is 35.5. The van der Waals surface area contributed by atoms with Crippen LogP contribution in [0.5, 0.6) is 5.75 Å². The standard InChI is InChI=1S/C16H14Cl2O5/c1-2-21-15(19)6-4-3-5-9-22-16(20)11-23-14-8-7-12(17)10-13(14)18/h4,6-8,10H,2,9,11H2,1H3. The number of hydrogen-bond donors (Lipinski definition) is 0. The SMILES string of the molecule is CCOC(=O)C=CC#CCOC(=O)COc1ccc(Cl)cc1Cl. The second kappa shape index (κ2) is 10.5. The minimum atomic E-state index is -0.598. The summed E-state index contributed by atoms with van der Waals surface area (Å²) in [5.74, 6) is 4.33. The van der Waals surface area contributed by atoms with Gasteiger partial charge in [0, 0.05) is 11.1 Å². The predicted octanol–water partition coefficient (Wildman–Crippen LogP) is 3.04. The molecule has 0 aliphatic heterocycles. The van der Waals surface area contributed by atoms with E-state index >= 15 is 0 Å². The molecule has 0 spiro atoms. The number of ether oxygens (including phenoxy) is 3. The molecule has 0 aliphatic rings. The van der Waals surface area contributed by atoms with Crippen molar-refractivity contribution in [1.82, 2.24) is 0 Å². The number of esters is 2. The van der Waals surface area contributed by atoms with Crippen molar-refractivity contribution in [2.24, 2.45) is 0 Å². The molecular formula is C16H14Cl2O5. The molecule has 0 aromatic heterocycles. The number of halogens is 2. The Morgan fingerprint density at radius 3 is 2.74 bits per heavy atom. The summed E-state index contributed by atoms with van der Waals surface area (Å²) in [6.07, 6.45) is 2.50. The second-order valence-electron chi connectivity index (χ2n) is 3.93. The van der Waals surface area contributed by atoms with Gasteiger partial charge in [-0.2, -0.15) is 0 Å². The van der Waals surface area contributed by atoms with Gasteiger partial charge in [-0.25, -0.2) is 9.59 Å². The molecule has 0 aliphatic carbocycles. The van der Waals surface area contributed by atoms with E-state index in [1.54, 1.807) is 19.1 Å². The third-order valence-electron chi connectivity index (χ3n) is 2.24. The van der Waals surface area contributed by atoms with Crippen molar-refractivity contribution < 1.29 is 23.8 Å². The van der Waals surface area contributed by atoms with Gasteiger partial charge in [-0.05, 0) is 31.2 Å². The van der Waals surface area contributed by atoms with Gasteiger partial charge in [0.15, 0.2) is 13.2 Å². The largest absolute Gasteiger partial charge is 0.480 e. The monoisotopic (exact) mass is 356 g/mol. The molecule has 23 heavy (non-hydrogen) atoms. The topological polar surface area (TPSA) is 61.8 Å². The molecule has 0 saturated carbocycles. The minimum absolute atomic E-state index is 0.121. The molecule has 0 atom stereocenters. The lowest BCUT2D eigenvalue weighted by atomic mass is 10.3. The third kappa shape index (κ3) is 8.15. The van der Waals surface area contributed by atoms with Crippen LogP contribution >= 0.6 is 23.2 Å². The van der Waals surface area contributed by atoms with Crippen molar-refractivity contribution in [2.45, 2.75) is 6.92 Å². The maximum atomic E-state index is 11.4. The Morgan fingerprint density at radius 2 is 2.04 bits per heavy atom. The Kier molecular flexibility index (Phi) is 8.66. The van der Waals surface area contributed by atoms with E-state index in [-0.39, 0.29) is 13.2 Å². The van der Waals surface area contributed by atoms with Crippen LogP contribution in [0.1, 0.15) is 6.92 Å². The smallest absolute Gasteiger partial charge is 0.345 e. The van der Waals surface area contributed by atoms with Gasteiger partial charge < -0.3 is 14.2 Å². The van der Waals surface area contributed by atoms with Crippen LogP contribution in [0.3, 0.4) is 0 Å². The highest BCUT2D eigenvalue weighted by Gasteiger charge is 2.06. The first-order valence-corrected chi connectivity index (χ1v) is 7.33. The van der Waals surface area contributed by atoms with E-state index in [1.807, 2.05) is 0 Å². The fourth-order valence-corrected chi connectivity index (χ4v) is 1.75. The first kappa shape index (κ1) is 18.9. The van der Waals surface area contributed by atoms with Gasteiger partial charge in [-0.15, -0.1) is 0 Å². The molecular weight excluding hydrogens is 343 g/mol. The van der Waals surface area contributed by atoms with E-state index < -0.39 is 11.9 Å². The highest BCUT2D eigenvalue weighted by Crippen LogP contribution is 2.27. The molecule has 0 N–H and O–H groups in total. The van der Waals surface area contributed by atoms with Crippen molar-refractivity contribution >= 4 is 35.1 Å². The summed E-state index contributed by atoms with van der Waals surface area (Å²) in [6, 6.07) is 4.65. The Labute approximate surface area is 144 Å². The number of carbonyl (C=O) groups is 2. The van der Waals surface area contributed by atoms with Crippen LogP contribution in [0.15, 0.2) is 30.4 Å². The zero-order valence-corrected chi connectivity index (χ0v) is 13.8. The quantitative estimate of drug-likeness (QED) is 0.445. The van der Waals surface area contributed by atoms with Gasteiger partial charge in [0.05, 0.1) is 11.6 Å². The number of allylic oxidation sites excluding steroid dienone is 1. The summed E-state index contributed by atoms with van der Waals surface area (Å²) in [6.45, 7) is 1.58. The van der Waals surface area contributed by atoms with E-state index in [9.17, 15) is 9.59 Å². The van der Waals surface area contributed by atoms with Crippen molar-refractivity contribution in [1.29, 1.82) is 0 Å². The third-order valence-corrected chi connectivity index (χ3v) is 2.77. The van der Waals surface area contributed by atoms with E-state index in [0.717, 1.165) is 0 Å². The van der Waals surface area contributed by atoms with Crippen molar-refractivity contribution in [3.05, 3.63) is 40.4 Å². The van der Waals surface area contributed by atoms with Gasteiger partial charge in [0.1, 0.15) is 5.75 Å². The number of rotatable bonds is 6. The zero-order valence-electron chi connectivity index (χ0n) is 12.3. The first-order chi connectivity index (χ1) is 11.0. The molecule has 0 bridgehead atoms. The van der Waals surface area contributed by atoms with Crippen LogP contribution in [0.4, 0.5) is 0 Å². The molecule has 1 aromatic rings. The van der Waals surface area contributed by atoms with Gasteiger partial charge in [0.2, 0.25) is 0 Å². The van der Waals surface area contributed by atoms with Gasteiger partial charge in [-0.1, -0.05) is 35.0 Å². The van der Waals surface area contributed by atoms with Crippen molar-refractivity contribution in [3.63, 3.8) is 0 Å². The average molecular weight is 357 g/mol. The summed E-state index contributed by atoms with van der Waals surface area (Å²) < 4.78 is 14.7. The van der Waals surface area contributed by atoms with Crippen LogP contribution in [0.25, 0.3) is 0 Å². The van der Waals surface area contributed by atoms with E-state index in [0.29, 0.717) is 22.4 Å². The van der Waals surface area contributed by atoms with Crippen LogP contribution in [0.2, 0.25) is 10.0 Å². The lowest BCUT2D eigenvalue weighted by Crippen LogP contribution is -2.15. The fourth-order valence-electron chi connectivity index (χ4n) is 1.29. The van der Waals surface area contributed by atoms with Gasteiger partial charge in [-0.3, -0.25) is 0 Å². The molecule has 0 amide bonds. The molecule has 7 heteroatoms. The molecule has 0 saturated heterocycles. The van der Waals surface area contributed by atoms with Crippen LogP contribution in [-0.4, -0.2) is 31.8 Å². The van der Waals surface area contributed by atoms with Crippen LogP contribution in [-0.2, 0) is 19.1 Å². The summed E-state index contributed by atoms with van der Waals surface area (Å²) >= 11 is 11.6. The Bertz CT molecular complexity index is 644. The lowest BCUT2D eigenvalue weighted by molar-refractivity contribution is -0.144. The Morgan fingerprint density at radius 1 is 1.26 bits per heavy atom. The molecule has 1 aromatic carbocycles. The van der Waals surface area contributed by atoms with Crippen molar-refractivity contribution in [3.8, 4) is 17.6 Å². The van der Waals surface area contributed by atoms with Gasteiger partial charge in [0.25, 0.3) is 0 Å². The minimum Gasteiger partial charge on any atom is -0.480 e. The van der Waals surface area contributed by atoms with E-state index in [2.05, 4.69) is 16.6 Å². The summed E-state index contributed by atoms with van der Waals surface area (Å²) in [5, 5.41) is 0.769. The normalized spacial score (nSPS) is 9.87. The van der Waals surface area contributed by atoms with Crippen molar-refractivity contribution in [2.75, 3.05) is 19.8 Å². The van der Waals surface area contributed by atoms with E-state index in [1.165, 1.54) is 18.2 Å². The number of benzene rings is 1. The fraction of sp³-hybridized carbons (Fsp3) is 0.250. The Balaban J connectivity index is 2.29. The number of hydrogen-bond acceptors (Lipinski definition) is 5.